The van der Waals surface area contributed by atoms with E-state index in [0.29, 0.717) is 18.7 Å². The van der Waals surface area contributed by atoms with Gasteiger partial charge in [0.1, 0.15) is 17.9 Å². The number of rotatable bonds is 4. The third kappa shape index (κ3) is 3.82. The molecule has 1 heterocycles. The van der Waals surface area contributed by atoms with Gasteiger partial charge in [-0.15, -0.1) is 12.4 Å². The van der Waals surface area contributed by atoms with Crippen molar-refractivity contribution in [3.63, 3.8) is 0 Å². The van der Waals surface area contributed by atoms with E-state index in [1.54, 1.807) is 12.1 Å². The van der Waals surface area contributed by atoms with Gasteiger partial charge in [0.25, 0.3) is 5.69 Å². The van der Waals surface area contributed by atoms with Gasteiger partial charge in [0, 0.05) is 25.1 Å². The molecule has 20 heavy (non-hydrogen) atoms. The third-order valence-electron chi connectivity index (χ3n) is 2.93. The molecule has 0 saturated carbocycles. The average Bonchev–Trinajstić information content (AvgIpc) is 2.87. The molecule has 1 aromatic rings. The maximum atomic E-state index is 11.3. The number of ether oxygens (including phenoxy) is 2. The highest BCUT2D eigenvalue weighted by molar-refractivity contribution is 5.85. The van der Waals surface area contributed by atoms with Crippen LogP contribution in [0.3, 0.4) is 0 Å². The third-order valence-corrected chi connectivity index (χ3v) is 2.93. The van der Waals surface area contributed by atoms with E-state index in [9.17, 15) is 14.9 Å². The lowest BCUT2D eigenvalue weighted by atomic mass is 10.2. The second-order valence-electron chi connectivity index (χ2n) is 4.21. The normalized spacial score (nSPS) is 20.9. The van der Waals surface area contributed by atoms with Crippen molar-refractivity contribution in [1.82, 2.24) is 5.32 Å². The van der Waals surface area contributed by atoms with Crippen molar-refractivity contribution in [3.05, 3.63) is 34.4 Å². The van der Waals surface area contributed by atoms with Crippen molar-refractivity contribution in [1.29, 1.82) is 0 Å². The molecular weight excluding hydrogens is 288 g/mol. The fourth-order valence-electron chi connectivity index (χ4n) is 1.95. The highest BCUT2D eigenvalue weighted by atomic mass is 35.5. The van der Waals surface area contributed by atoms with Gasteiger partial charge in [-0.2, -0.15) is 0 Å². The largest absolute Gasteiger partial charge is 0.489 e. The van der Waals surface area contributed by atoms with Crippen molar-refractivity contribution in [2.75, 3.05) is 13.7 Å². The summed E-state index contributed by atoms with van der Waals surface area (Å²) in [5, 5.41) is 13.5. The van der Waals surface area contributed by atoms with E-state index in [4.69, 9.17) is 4.74 Å². The Kier molecular flexibility index (Phi) is 5.72. The number of esters is 1. The molecule has 1 N–H and O–H groups in total. The zero-order valence-electron chi connectivity index (χ0n) is 10.8. The lowest BCUT2D eigenvalue weighted by Crippen LogP contribution is -2.31. The zero-order chi connectivity index (χ0) is 13.8. The first-order valence-electron chi connectivity index (χ1n) is 5.82. The van der Waals surface area contributed by atoms with E-state index in [2.05, 4.69) is 10.1 Å². The molecule has 0 amide bonds. The molecule has 8 heteroatoms. The van der Waals surface area contributed by atoms with Gasteiger partial charge in [0.2, 0.25) is 0 Å². The maximum absolute atomic E-state index is 11.3. The lowest BCUT2D eigenvalue weighted by Gasteiger charge is -2.12. The van der Waals surface area contributed by atoms with Gasteiger partial charge < -0.3 is 14.8 Å². The van der Waals surface area contributed by atoms with Crippen LogP contribution in [0.4, 0.5) is 5.69 Å². The van der Waals surface area contributed by atoms with Crippen LogP contribution in [0, 0.1) is 10.1 Å². The number of nitrogens with zero attached hydrogens (tertiary/aromatic N) is 1. The summed E-state index contributed by atoms with van der Waals surface area (Å²) in [6.07, 6.45) is 0.370. The number of nitro groups is 1. The Morgan fingerprint density at radius 1 is 1.40 bits per heavy atom. The van der Waals surface area contributed by atoms with Crippen LogP contribution in [-0.4, -0.2) is 36.7 Å². The van der Waals surface area contributed by atoms with Crippen LogP contribution in [0.1, 0.15) is 6.42 Å². The Morgan fingerprint density at radius 3 is 2.60 bits per heavy atom. The number of nitro benzene ring substituents is 1. The molecule has 0 aromatic heterocycles. The summed E-state index contributed by atoms with van der Waals surface area (Å²) in [5.41, 5.74) is 0.0179. The van der Waals surface area contributed by atoms with E-state index in [1.807, 2.05) is 0 Å². The molecule has 1 saturated heterocycles. The summed E-state index contributed by atoms with van der Waals surface area (Å²) in [6, 6.07) is 5.51. The van der Waals surface area contributed by atoms with Crippen LogP contribution in [0.2, 0.25) is 0 Å². The monoisotopic (exact) mass is 302 g/mol. The van der Waals surface area contributed by atoms with E-state index in [0.717, 1.165) is 0 Å². The van der Waals surface area contributed by atoms with Crippen LogP contribution >= 0.6 is 12.4 Å². The Bertz CT molecular complexity index is 479. The van der Waals surface area contributed by atoms with E-state index in [1.165, 1.54) is 19.2 Å². The van der Waals surface area contributed by atoms with Gasteiger partial charge in [0.05, 0.1) is 12.0 Å². The smallest absolute Gasteiger partial charge is 0.323 e. The lowest BCUT2D eigenvalue weighted by molar-refractivity contribution is -0.384. The van der Waals surface area contributed by atoms with Gasteiger partial charge in [-0.05, 0) is 12.1 Å². The summed E-state index contributed by atoms with van der Waals surface area (Å²) >= 11 is 0. The second-order valence-corrected chi connectivity index (χ2v) is 4.21. The van der Waals surface area contributed by atoms with E-state index >= 15 is 0 Å². The number of methoxy groups -OCH3 is 1. The molecule has 7 nitrogen and oxygen atoms in total. The predicted octanol–water partition coefficient (Wildman–Crippen LogP) is 1.30. The van der Waals surface area contributed by atoms with E-state index < -0.39 is 4.92 Å². The van der Waals surface area contributed by atoms with Crippen LogP contribution < -0.4 is 10.1 Å². The van der Waals surface area contributed by atoms with Crippen molar-refractivity contribution < 1.29 is 19.2 Å². The molecule has 0 aliphatic carbocycles. The average molecular weight is 303 g/mol. The molecule has 1 fully saturated rings. The molecule has 110 valence electrons. The molecular formula is C12H15ClN2O5. The Morgan fingerprint density at radius 2 is 2.05 bits per heavy atom. The molecule has 0 bridgehead atoms. The van der Waals surface area contributed by atoms with Gasteiger partial charge in [-0.1, -0.05) is 0 Å². The zero-order valence-corrected chi connectivity index (χ0v) is 11.6. The molecule has 2 atom stereocenters. The number of halogens is 1. The van der Waals surface area contributed by atoms with Crippen LogP contribution in [0.15, 0.2) is 24.3 Å². The number of hydrogen-bond donors (Lipinski definition) is 1. The van der Waals surface area contributed by atoms with Gasteiger partial charge in [0.15, 0.2) is 0 Å². The molecule has 2 rings (SSSR count). The minimum Gasteiger partial charge on any atom is -0.489 e. The summed E-state index contributed by atoms with van der Waals surface area (Å²) in [6.45, 7) is 0.538. The fraction of sp³-hybridized carbons (Fsp3) is 0.417. The standard InChI is InChI=1S/C12H14N2O5.ClH/c1-18-12(15)11-6-10(7-13-11)19-9-4-2-8(3-5-9)14(16)17;/h2-5,10-11,13H,6-7H2,1H3;1H/t10-,11+;/m1./s1. The SMILES string of the molecule is COC(=O)[C@@H]1C[C@@H](Oc2ccc([N+](=O)[O-])cc2)CN1.Cl. The Hall–Kier alpha value is -1.86. The molecule has 1 aliphatic heterocycles. The van der Waals surface area contributed by atoms with Crippen molar-refractivity contribution >= 4 is 24.1 Å². The van der Waals surface area contributed by atoms with E-state index in [-0.39, 0.29) is 36.2 Å². The van der Waals surface area contributed by atoms with Crippen LogP contribution in [0.5, 0.6) is 5.75 Å². The summed E-state index contributed by atoms with van der Waals surface area (Å²) < 4.78 is 10.3. The number of nitrogens with one attached hydrogen (secondary N) is 1. The summed E-state index contributed by atoms with van der Waals surface area (Å²) in [4.78, 5) is 21.4. The number of carbonyl (C=O) groups excluding carboxylic acids is 1. The van der Waals surface area contributed by atoms with Gasteiger partial charge in [-0.25, -0.2) is 0 Å². The summed E-state index contributed by atoms with van der Waals surface area (Å²) in [7, 11) is 1.34. The second kappa shape index (κ2) is 7.06. The first kappa shape index (κ1) is 16.2. The number of benzene rings is 1. The van der Waals surface area contributed by atoms with Gasteiger partial charge in [-0.3, -0.25) is 14.9 Å². The minimum atomic E-state index is -0.464. The fourth-order valence-corrected chi connectivity index (χ4v) is 1.95. The van der Waals surface area contributed by atoms with Crippen LogP contribution in [-0.2, 0) is 9.53 Å². The molecule has 1 aromatic carbocycles. The molecule has 0 unspecified atom stereocenters. The van der Waals surface area contributed by atoms with Crippen molar-refractivity contribution in [2.24, 2.45) is 0 Å². The number of carbonyl (C=O) groups is 1. The minimum absolute atomic E-state index is 0. The molecule has 0 radical (unpaired) electrons. The molecule has 0 spiro atoms. The maximum Gasteiger partial charge on any atom is 0.323 e. The van der Waals surface area contributed by atoms with Gasteiger partial charge >= 0.3 is 5.97 Å². The predicted molar refractivity (Wildman–Crippen MR) is 73.2 cm³/mol. The number of hydrogen-bond acceptors (Lipinski definition) is 6. The first-order chi connectivity index (χ1) is 9.10. The Labute approximate surface area is 121 Å². The van der Waals surface area contributed by atoms with Crippen molar-refractivity contribution in [2.45, 2.75) is 18.6 Å². The summed E-state index contributed by atoms with van der Waals surface area (Å²) in [5.74, 6) is 0.234. The quantitative estimate of drug-likeness (QED) is 0.512. The highest BCUT2D eigenvalue weighted by Gasteiger charge is 2.31. The Balaban J connectivity index is 0.00000200. The first-order valence-corrected chi connectivity index (χ1v) is 5.82. The van der Waals surface area contributed by atoms with Crippen molar-refractivity contribution in [3.8, 4) is 5.75 Å². The highest BCUT2D eigenvalue weighted by Crippen LogP contribution is 2.21. The molecule has 1 aliphatic rings. The van der Waals surface area contributed by atoms with Crippen LogP contribution in [0.25, 0.3) is 0 Å². The topological polar surface area (TPSA) is 90.7 Å². The number of non-ortho nitro benzene ring substituents is 1.